The van der Waals surface area contributed by atoms with Crippen molar-refractivity contribution in [1.29, 1.82) is 0 Å². The first kappa shape index (κ1) is 13.9. The van der Waals surface area contributed by atoms with Crippen LogP contribution in [-0.2, 0) is 0 Å². The van der Waals surface area contributed by atoms with Crippen LogP contribution in [0.4, 0.5) is 11.4 Å². The second-order valence-electron chi connectivity index (χ2n) is 4.15. The molecular formula is C15H20N2O. The van der Waals surface area contributed by atoms with E-state index in [1.807, 2.05) is 68.4 Å². The molecular weight excluding hydrogens is 224 g/mol. The van der Waals surface area contributed by atoms with E-state index in [0.717, 1.165) is 17.1 Å². The Labute approximate surface area is 108 Å². The lowest BCUT2D eigenvalue weighted by Crippen LogP contribution is -2.05. The van der Waals surface area contributed by atoms with E-state index in [4.69, 9.17) is 16.2 Å². The van der Waals surface area contributed by atoms with Gasteiger partial charge in [0.15, 0.2) is 0 Å². The number of nitrogens with two attached hydrogens (primary N) is 2. The minimum absolute atomic E-state index is 0.205. The first-order valence-electron chi connectivity index (χ1n) is 5.90. The quantitative estimate of drug-likeness (QED) is 0.796. The minimum Gasteiger partial charge on any atom is -0.491 e. The van der Waals surface area contributed by atoms with Gasteiger partial charge in [0.1, 0.15) is 5.75 Å². The zero-order valence-electron chi connectivity index (χ0n) is 10.8. The van der Waals surface area contributed by atoms with Crippen molar-refractivity contribution in [3.63, 3.8) is 0 Å². The maximum atomic E-state index is 5.55. The molecule has 0 aliphatic carbocycles. The van der Waals surface area contributed by atoms with Gasteiger partial charge < -0.3 is 16.2 Å². The van der Waals surface area contributed by atoms with Gasteiger partial charge in [-0.05, 0) is 38.1 Å². The van der Waals surface area contributed by atoms with Gasteiger partial charge in [-0.3, -0.25) is 0 Å². The highest BCUT2D eigenvalue weighted by Gasteiger charge is 1.95. The van der Waals surface area contributed by atoms with Crippen LogP contribution in [0.3, 0.4) is 0 Å². The molecule has 4 N–H and O–H groups in total. The topological polar surface area (TPSA) is 61.3 Å². The van der Waals surface area contributed by atoms with Crippen molar-refractivity contribution in [1.82, 2.24) is 0 Å². The molecule has 2 aromatic rings. The summed E-state index contributed by atoms with van der Waals surface area (Å²) in [5.74, 6) is 0.833. The summed E-state index contributed by atoms with van der Waals surface area (Å²) in [5, 5.41) is 0. The molecule has 3 nitrogen and oxygen atoms in total. The van der Waals surface area contributed by atoms with Gasteiger partial charge >= 0.3 is 0 Å². The Kier molecular flexibility index (Phi) is 5.58. The van der Waals surface area contributed by atoms with Gasteiger partial charge in [0, 0.05) is 17.4 Å². The molecule has 0 aliphatic rings. The largest absolute Gasteiger partial charge is 0.491 e. The summed E-state index contributed by atoms with van der Waals surface area (Å²) in [7, 11) is 0. The molecule has 96 valence electrons. The third-order valence-corrected chi connectivity index (χ3v) is 2.03. The van der Waals surface area contributed by atoms with Crippen molar-refractivity contribution < 1.29 is 4.74 Å². The number of para-hydroxylation sites is 1. The molecule has 18 heavy (non-hydrogen) atoms. The van der Waals surface area contributed by atoms with Crippen LogP contribution in [0, 0.1) is 0 Å². The number of anilines is 2. The summed E-state index contributed by atoms with van der Waals surface area (Å²) in [6.45, 7) is 3.98. The Morgan fingerprint density at radius 2 is 1.44 bits per heavy atom. The molecule has 0 radical (unpaired) electrons. The fraction of sp³-hybridized carbons (Fsp3) is 0.200. The number of ether oxygens (including phenoxy) is 1. The van der Waals surface area contributed by atoms with E-state index in [9.17, 15) is 0 Å². The number of rotatable bonds is 2. The second kappa shape index (κ2) is 7.22. The molecule has 0 heterocycles. The predicted octanol–water partition coefficient (Wildman–Crippen LogP) is 3.32. The van der Waals surface area contributed by atoms with Crippen molar-refractivity contribution in [3.8, 4) is 5.75 Å². The standard InChI is InChI=1S/C9H13NO.C6H7N/c1-7(2)11-9-5-3-4-8(10)6-9;7-6-4-2-1-3-5-6/h3-7H,10H2,1-2H3;1-5H,7H2. The fourth-order valence-electron chi connectivity index (χ4n) is 1.31. The Morgan fingerprint density at radius 3 is 1.89 bits per heavy atom. The highest BCUT2D eigenvalue weighted by molar-refractivity contribution is 5.43. The van der Waals surface area contributed by atoms with Gasteiger partial charge in [-0.1, -0.05) is 24.3 Å². The number of hydrogen-bond acceptors (Lipinski definition) is 3. The molecule has 0 spiro atoms. The average Bonchev–Trinajstić information content (AvgIpc) is 2.30. The average molecular weight is 244 g/mol. The Hall–Kier alpha value is -2.16. The molecule has 0 bridgehead atoms. The van der Waals surface area contributed by atoms with Gasteiger partial charge in [-0.2, -0.15) is 0 Å². The third kappa shape index (κ3) is 5.80. The Morgan fingerprint density at radius 1 is 0.833 bits per heavy atom. The number of benzene rings is 2. The molecule has 0 unspecified atom stereocenters. The summed E-state index contributed by atoms with van der Waals surface area (Å²) in [6.07, 6.45) is 0.205. The molecule has 3 heteroatoms. The van der Waals surface area contributed by atoms with Gasteiger partial charge in [0.05, 0.1) is 6.10 Å². The Bertz CT molecular complexity index is 455. The first-order chi connectivity index (χ1) is 8.58. The van der Waals surface area contributed by atoms with E-state index in [2.05, 4.69) is 0 Å². The number of nitrogen functional groups attached to an aromatic ring is 2. The van der Waals surface area contributed by atoms with Crippen molar-refractivity contribution >= 4 is 11.4 Å². The second-order valence-corrected chi connectivity index (χ2v) is 4.15. The highest BCUT2D eigenvalue weighted by atomic mass is 16.5. The molecule has 0 saturated heterocycles. The summed E-state index contributed by atoms with van der Waals surface area (Å²) in [5.41, 5.74) is 12.5. The zero-order chi connectivity index (χ0) is 13.4. The van der Waals surface area contributed by atoms with Crippen molar-refractivity contribution in [3.05, 3.63) is 54.6 Å². The van der Waals surface area contributed by atoms with E-state index < -0.39 is 0 Å². The van der Waals surface area contributed by atoms with Gasteiger partial charge in [0.25, 0.3) is 0 Å². The predicted molar refractivity (Wildman–Crippen MR) is 77.5 cm³/mol. The first-order valence-corrected chi connectivity index (χ1v) is 5.90. The molecule has 2 rings (SSSR count). The van der Waals surface area contributed by atoms with Gasteiger partial charge in [-0.15, -0.1) is 0 Å². The van der Waals surface area contributed by atoms with Crippen LogP contribution in [0.15, 0.2) is 54.6 Å². The third-order valence-electron chi connectivity index (χ3n) is 2.03. The summed E-state index contributed by atoms with van der Waals surface area (Å²) >= 11 is 0. The smallest absolute Gasteiger partial charge is 0.121 e. The van der Waals surface area contributed by atoms with Crippen LogP contribution < -0.4 is 16.2 Å². The van der Waals surface area contributed by atoms with Crippen LogP contribution in [-0.4, -0.2) is 6.10 Å². The van der Waals surface area contributed by atoms with E-state index in [1.165, 1.54) is 0 Å². The minimum atomic E-state index is 0.205. The monoisotopic (exact) mass is 244 g/mol. The molecule has 0 aliphatic heterocycles. The van der Waals surface area contributed by atoms with Crippen LogP contribution in [0.25, 0.3) is 0 Å². The van der Waals surface area contributed by atoms with Crippen LogP contribution >= 0.6 is 0 Å². The fourth-order valence-corrected chi connectivity index (χ4v) is 1.31. The summed E-state index contributed by atoms with van der Waals surface area (Å²) in [4.78, 5) is 0. The molecule has 0 aromatic heterocycles. The molecule has 0 atom stereocenters. The maximum Gasteiger partial charge on any atom is 0.121 e. The van der Waals surface area contributed by atoms with Crippen molar-refractivity contribution in [2.45, 2.75) is 20.0 Å². The van der Waals surface area contributed by atoms with Crippen LogP contribution in [0.5, 0.6) is 5.75 Å². The van der Waals surface area contributed by atoms with Crippen molar-refractivity contribution in [2.24, 2.45) is 0 Å². The molecule has 0 fully saturated rings. The zero-order valence-corrected chi connectivity index (χ0v) is 10.8. The summed E-state index contributed by atoms with van der Waals surface area (Å²) in [6, 6.07) is 16.9. The lowest BCUT2D eigenvalue weighted by Gasteiger charge is -2.09. The van der Waals surface area contributed by atoms with E-state index in [0.29, 0.717) is 0 Å². The van der Waals surface area contributed by atoms with Crippen LogP contribution in [0.2, 0.25) is 0 Å². The van der Waals surface area contributed by atoms with E-state index >= 15 is 0 Å². The van der Waals surface area contributed by atoms with Crippen molar-refractivity contribution in [2.75, 3.05) is 11.5 Å². The van der Waals surface area contributed by atoms with Crippen LogP contribution in [0.1, 0.15) is 13.8 Å². The molecule has 0 saturated carbocycles. The molecule has 0 amide bonds. The normalized spacial score (nSPS) is 9.50. The van der Waals surface area contributed by atoms with Gasteiger partial charge in [-0.25, -0.2) is 0 Å². The lowest BCUT2D eigenvalue weighted by atomic mass is 10.3. The Balaban J connectivity index is 0.000000199. The summed E-state index contributed by atoms with van der Waals surface area (Å²) < 4.78 is 5.42. The molecule has 2 aromatic carbocycles. The maximum absolute atomic E-state index is 5.55. The number of hydrogen-bond donors (Lipinski definition) is 2. The van der Waals surface area contributed by atoms with E-state index in [-0.39, 0.29) is 6.10 Å². The van der Waals surface area contributed by atoms with E-state index in [1.54, 1.807) is 0 Å². The SMILES string of the molecule is CC(C)Oc1cccc(N)c1.Nc1ccccc1. The highest BCUT2D eigenvalue weighted by Crippen LogP contribution is 2.15. The lowest BCUT2D eigenvalue weighted by molar-refractivity contribution is 0.242. The van der Waals surface area contributed by atoms with Gasteiger partial charge in [0.2, 0.25) is 0 Å².